The van der Waals surface area contributed by atoms with Crippen LogP contribution >= 0.6 is 0 Å². The van der Waals surface area contributed by atoms with Gasteiger partial charge in [0.15, 0.2) is 0 Å². The normalized spacial score (nSPS) is 10.6. The van der Waals surface area contributed by atoms with Crippen molar-refractivity contribution in [2.24, 2.45) is 0 Å². The summed E-state index contributed by atoms with van der Waals surface area (Å²) in [6.45, 7) is 1.23. The van der Waals surface area contributed by atoms with E-state index in [1.165, 1.54) is 0 Å². The lowest BCUT2D eigenvalue weighted by Crippen LogP contribution is -2.20. The number of hydrogen-bond donors (Lipinski definition) is 2. The van der Waals surface area contributed by atoms with Crippen molar-refractivity contribution >= 4 is 11.6 Å². The molecular formula is C25H25N5O. The highest BCUT2D eigenvalue weighted by Crippen LogP contribution is 2.29. The van der Waals surface area contributed by atoms with Crippen molar-refractivity contribution in [3.8, 4) is 22.4 Å². The zero-order chi connectivity index (χ0) is 21.5. The van der Waals surface area contributed by atoms with Gasteiger partial charge in [-0.1, -0.05) is 36.4 Å². The van der Waals surface area contributed by atoms with E-state index in [2.05, 4.69) is 45.9 Å². The van der Waals surface area contributed by atoms with E-state index in [0.29, 0.717) is 19.5 Å². The van der Waals surface area contributed by atoms with Gasteiger partial charge in [-0.25, -0.2) is 0 Å². The second kappa shape index (κ2) is 9.71. The van der Waals surface area contributed by atoms with E-state index < -0.39 is 0 Å². The topological polar surface area (TPSA) is 71.8 Å². The molecule has 0 bridgehead atoms. The molecule has 0 aliphatic heterocycles. The Hall–Kier alpha value is -3.93. The van der Waals surface area contributed by atoms with Gasteiger partial charge in [-0.05, 0) is 47.0 Å². The summed E-state index contributed by atoms with van der Waals surface area (Å²) in [5, 5.41) is 10.8. The van der Waals surface area contributed by atoms with Gasteiger partial charge in [-0.3, -0.25) is 14.5 Å². The fourth-order valence-electron chi connectivity index (χ4n) is 3.40. The van der Waals surface area contributed by atoms with Gasteiger partial charge < -0.3 is 10.6 Å². The summed E-state index contributed by atoms with van der Waals surface area (Å²) in [6, 6.07) is 22.6. The number of carbonyl (C=O) groups is 1. The molecule has 0 atom stereocenters. The van der Waals surface area contributed by atoms with Crippen molar-refractivity contribution in [3.05, 3.63) is 90.9 Å². The first-order valence-corrected chi connectivity index (χ1v) is 10.3. The molecule has 0 spiro atoms. The quantitative estimate of drug-likeness (QED) is 0.456. The minimum atomic E-state index is 0.0149. The molecule has 6 heteroatoms. The van der Waals surface area contributed by atoms with Gasteiger partial charge in [0.05, 0.1) is 12.2 Å². The van der Waals surface area contributed by atoms with E-state index >= 15 is 0 Å². The number of nitrogens with one attached hydrogen (secondary N) is 2. The number of carbonyl (C=O) groups excluding carboxylic acids is 1. The number of hydrogen-bond acceptors (Lipinski definition) is 4. The van der Waals surface area contributed by atoms with Crippen LogP contribution in [0, 0.1) is 0 Å². The molecule has 2 aromatic heterocycles. The highest BCUT2D eigenvalue weighted by Gasteiger charge is 2.09. The molecule has 2 aromatic carbocycles. The average molecular weight is 412 g/mol. The maximum atomic E-state index is 11.6. The average Bonchev–Trinajstić information content (AvgIpc) is 3.28. The molecule has 2 N–H and O–H groups in total. The zero-order valence-electron chi connectivity index (χ0n) is 17.5. The summed E-state index contributed by atoms with van der Waals surface area (Å²) in [5.41, 5.74) is 6.22. The van der Waals surface area contributed by atoms with Crippen LogP contribution in [0.15, 0.2) is 85.3 Å². The van der Waals surface area contributed by atoms with Crippen molar-refractivity contribution < 1.29 is 4.79 Å². The van der Waals surface area contributed by atoms with Crippen LogP contribution in [0.4, 0.5) is 5.69 Å². The molecule has 156 valence electrons. The van der Waals surface area contributed by atoms with Crippen molar-refractivity contribution in [1.29, 1.82) is 0 Å². The molecule has 0 unspecified atom stereocenters. The minimum Gasteiger partial charge on any atom is -0.384 e. The molecule has 0 radical (unpaired) electrons. The fourth-order valence-corrected chi connectivity index (χ4v) is 3.40. The smallest absolute Gasteiger partial charge is 0.221 e. The predicted octanol–water partition coefficient (Wildman–Crippen LogP) is 4.21. The molecule has 0 fully saturated rings. The standard InChI is InChI=1S/C25H25N5O/c1-26-25(31)9-12-28-23-15-21(20-7-3-2-4-8-20)14-22(16-23)24-10-13-30(29-24)18-19-6-5-11-27-17-19/h2-8,10-11,13-17,28H,9,12,18H2,1H3,(H,26,31). The Morgan fingerprint density at radius 1 is 0.968 bits per heavy atom. The number of anilines is 1. The van der Waals surface area contributed by atoms with Gasteiger partial charge in [0.1, 0.15) is 0 Å². The van der Waals surface area contributed by atoms with Crippen molar-refractivity contribution in [1.82, 2.24) is 20.1 Å². The van der Waals surface area contributed by atoms with Gasteiger partial charge in [-0.2, -0.15) is 5.10 Å². The van der Waals surface area contributed by atoms with Crippen LogP contribution in [0.1, 0.15) is 12.0 Å². The molecule has 4 aromatic rings. The molecule has 4 rings (SSSR count). The second-order valence-electron chi connectivity index (χ2n) is 7.27. The monoisotopic (exact) mass is 411 g/mol. The van der Waals surface area contributed by atoms with E-state index in [1.807, 2.05) is 53.5 Å². The Bertz CT molecular complexity index is 1140. The number of aromatic nitrogens is 3. The van der Waals surface area contributed by atoms with Crippen LogP contribution in [0.2, 0.25) is 0 Å². The van der Waals surface area contributed by atoms with Crippen molar-refractivity contribution in [3.63, 3.8) is 0 Å². The van der Waals surface area contributed by atoms with Crippen LogP contribution in [-0.2, 0) is 11.3 Å². The van der Waals surface area contributed by atoms with Crippen LogP contribution in [0.3, 0.4) is 0 Å². The number of pyridine rings is 1. The summed E-state index contributed by atoms with van der Waals surface area (Å²) < 4.78 is 1.92. The summed E-state index contributed by atoms with van der Waals surface area (Å²) in [4.78, 5) is 15.7. The molecule has 31 heavy (non-hydrogen) atoms. The van der Waals surface area contributed by atoms with Crippen LogP contribution in [-0.4, -0.2) is 34.3 Å². The molecule has 0 aliphatic carbocycles. The molecule has 0 aliphatic rings. The summed E-state index contributed by atoms with van der Waals surface area (Å²) in [7, 11) is 1.65. The van der Waals surface area contributed by atoms with Gasteiger partial charge in [-0.15, -0.1) is 0 Å². The molecule has 0 saturated carbocycles. The number of amides is 1. The number of rotatable bonds is 8. The zero-order valence-corrected chi connectivity index (χ0v) is 17.5. The molecule has 0 saturated heterocycles. The maximum absolute atomic E-state index is 11.6. The van der Waals surface area contributed by atoms with E-state index in [1.54, 1.807) is 13.2 Å². The van der Waals surface area contributed by atoms with E-state index in [-0.39, 0.29) is 5.91 Å². The maximum Gasteiger partial charge on any atom is 0.221 e. The molecule has 2 heterocycles. The summed E-state index contributed by atoms with van der Waals surface area (Å²) in [5.74, 6) is 0.0149. The summed E-state index contributed by atoms with van der Waals surface area (Å²) in [6.07, 6.45) is 6.02. The molecule has 1 amide bonds. The van der Waals surface area contributed by atoms with Crippen LogP contribution in [0.25, 0.3) is 22.4 Å². The van der Waals surface area contributed by atoms with Gasteiger partial charge >= 0.3 is 0 Å². The third kappa shape index (κ3) is 5.36. The minimum absolute atomic E-state index is 0.0149. The van der Waals surface area contributed by atoms with Gasteiger partial charge in [0.25, 0.3) is 0 Å². The van der Waals surface area contributed by atoms with Crippen molar-refractivity contribution in [2.75, 3.05) is 18.9 Å². The fraction of sp³-hybridized carbons (Fsp3) is 0.160. The van der Waals surface area contributed by atoms with Crippen LogP contribution < -0.4 is 10.6 Å². The first kappa shape index (κ1) is 20.3. The Balaban J connectivity index is 1.61. The highest BCUT2D eigenvalue weighted by molar-refractivity contribution is 5.78. The Kier molecular flexibility index (Phi) is 6.38. The SMILES string of the molecule is CNC(=O)CCNc1cc(-c2ccccc2)cc(-c2ccn(Cc3cccnc3)n2)c1. The van der Waals surface area contributed by atoms with Crippen molar-refractivity contribution in [2.45, 2.75) is 13.0 Å². The Labute approximate surface area is 182 Å². The lowest BCUT2D eigenvalue weighted by molar-refractivity contribution is -0.120. The van der Waals surface area contributed by atoms with Crippen LogP contribution in [0.5, 0.6) is 0 Å². The predicted molar refractivity (Wildman–Crippen MR) is 124 cm³/mol. The summed E-state index contributed by atoms with van der Waals surface area (Å²) >= 11 is 0. The van der Waals surface area contributed by atoms with E-state index in [4.69, 9.17) is 5.10 Å². The lowest BCUT2D eigenvalue weighted by atomic mass is 10.0. The Morgan fingerprint density at radius 2 is 1.81 bits per heavy atom. The largest absolute Gasteiger partial charge is 0.384 e. The van der Waals surface area contributed by atoms with Gasteiger partial charge in [0.2, 0.25) is 5.91 Å². The van der Waals surface area contributed by atoms with Gasteiger partial charge in [0, 0.05) is 49.9 Å². The number of benzene rings is 2. The first-order valence-electron chi connectivity index (χ1n) is 10.3. The first-order chi connectivity index (χ1) is 15.2. The lowest BCUT2D eigenvalue weighted by Gasteiger charge is -2.11. The second-order valence-corrected chi connectivity index (χ2v) is 7.27. The van der Waals surface area contributed by atoms with E-state index in [9.17, 15) is 4.79 Å². The Morgan fingerprint density at radius 3 is 2.58 bits per heavy atom. The molecular weight excluding hydrogens is 386 g/mol. The number of nitrogens with zero attached hydrogens (tertiary/aromatic N) is 3. The highest BCUT2D eigenvalue weighted by atomic mass is 16.1. The van der Waals surface area contributed by atoms with E-state index in [0.717, 1.165) is 33.6 Å². The third-order valence-electron chi connectivity index (χ3n) is 5.00. The third-order valence-corrected chi connectivity index (χ3v) is 5.00. The molecule has 6 nitrogen and oxygen atoms in total.